The average Bonchev–Trinajstić information content (AvgIpc) is 2.49. The Labute approximate surface area is 103 Å². The lowest BCUT2D eigenvalue weighted by molar-refractivity contribution is -0.124. The first kappa shape index (κ1) is 13.4. The summed E-state index contributed by atoms with van der Waals surface area (Å²) in [5.41, 5.74) is 5.36. The molecule has 1 fully saturated rings. The summed E-state index contributed by atoms with van der Waals surface area (Å²) in [6, 6.07) is 0. The Bertz CT molecular complexity index is 288. The van der Waals surface area contributed by atoms with Gasteiger partial charge >= 0.3 is 0 Å². The second-order valence-corrected chi connectivity index (χ2v) is 6.38. The van der Waals surface area contributed by atoms with Gasteiger partial charge in [0, 0.05) is 6.42 Å². The summed E-state index contributed by atoms with van der Waals surface area (Å²) in [7, 11) is 0. The Kier molecular flexibility index (Phi) is 3.94. The van der Waals surface area contributed by atoms with Crippen LogP contribution < -0.4 is 11.1 Å². The summed E-state index contributed by atoms with van der Waals surface area (Å²) in [5, 5.41) is 3.04. The second-order valence-electron chi connectivity index (χ2n) is 5.94. The van der Waals surface area contributed by atoms with Crippen molar-refractivity contribution in [3.63, 3.8) is 0 Å². The van der Waals surface area contributed by atoms with Crippen LogP contribution in [0.15, 0.2) is 0 Å². The quantitative estimate of drug-likeness (QED) is 0.746. The molecule has 0 aliphatic heterocycles. The van der Waals surface area contributed by atoms with Crippen molar-refractivity contribution in [2.75, 3.05) is 0 Å². The van der Waals surface area contributed by atoms with Crippen molar-refractivity contribution < 1.29 is 4.79 Å². The zero-order chi connectivity index (χ0) is 12.4. The Balaban J connectivity index is 2.63. The fraction of sp³-hybridized carbons (Fsp3) is 0.833. The highest BCUT2D eigenvalue weighted by molar-refractivity contribution is 7.80. The largest absolute Gasteiger partial charge is 0.391 e. The van der Waals surface area contributed by atoms with Crippen LogP contribution in [0.2, 0.25) is 0 Å². The molecular formula is C12H22N2OS. The molecule has 1 saturated carbocycles. The minimum absolute atomic E-state index is 0.0000945. The molecule has 1 aliphatic carbocycles. The van der Waals surface area contributed by atoms with E-state index in [1.807, 2.05) is 0 Å². The van der Waals surface area contributed by atoms with Crippen LogP contribution >= 0.6 is 12.2 Å². The number of amides is 1. The van der Waals surface area contributed by atoms with Crippen molar-refractivity contribution in [3.05, 3.63) is 0 Å². The van der Waals surface area contributed by atoms with Crippen molar-refractivity contribution >= 4 is 23.1 Å². The molecule has 0 atom stereocenters. The first-order chi connectivity index (χ1) is 7.25. The van der Waals surface area contributed by atoms with Crippen LogP contribution in [-0.2, 0) is 4.79 Å². The van der Waals surface area contributed by atoms with Gasteiger partial charge in [-0.15, -0.1) is 0 Å². The molecule has 4 heteroatoms. The molecule has 3 N–H and O–H groups in total. The number of nitrogens with one attached hydrogen (secondary N) is 1. The Hall–Kier alpha value is -0.640. The van der Waals surface area contributed by atoms with Gasteiger partial charge in [0.1, 0.15) is 0 Å². The summed E-state index contributed by atoms with van der Waals surface area (Å²) in [6.45, 7) is 6.15. The van der Waals surface area contributed by atoms with Crippen LogP contribution in [0, 0.1) is 5.41 Å². The monoisotopic (exact) mass is 242 g/mol. The predicted molar refractivity (Wildman–Crippen MR) is 70.2 cm³/mol. The van der Waals surface area contributed by atoms with Crippen LogP contribution in [0.5, 0.6) is 0 Å². The van der Waals surface area contributed by atoms with E-state index in [2.05, 4.69) is 26.1 Å². The molecule has 1 rings (SSSR count). The third kappa shape index (κ3) is 3.44. The normalized spacial score (nSPS) is 19.4. The number of thiocarbonyl (C=S) groups is 1. The van der Waals surface area contributed by atoms with Gasteiger partial charge in [-0.2, -0.15) is 0 Å². The molecule has 0 aromatic rings. The van der Waals surface area contributed by atoms with Crippen molar-refractivity contribution in [2.45, 2.75) is 58.4 Å². The molecule has 0 aromatic heterocycles. The predicted octanol–water partition coefficient (Wildman–Crippen LogP) is 2.14. The molecule has 1 amide bonds. The molecule has 1 aliphatic rings. The van der Waals surface area contributed by atoms with E-state index in [4.69, 9.17) is 18.0 Å². The van der Waals surface area contributed by atoms with E-state index in [9.17, 15) is 4.79 Å². The minimum atomic E-state index is -0.405. The minimum Gasteiger partial charge on any atom is -0.391 e. The van der Waals surface area contributed by atoms with E-state index in [1.54, 1.807) is 0 Å². The van der Waals surface area contributed by atoms with Gasteiger partial charge in [-0.3, -0.25) is 4.79 Å². The second kappa shape index (κ2) is 4.70. The van der Waals surface area contributed by atoms with E-state index in [-0.39, 0.29) is 11.3 Å². The van der Waals surface area contributed by atoms with Gasteiger partial charge in [0.15, 0.2) is 0 Å². The molecule has 16 heavy (non-hydrogen) atoms. The Morgan fingerprint density at radius 2 is 1.88 bits per heavy atom. The van der Waals surface area contributed by atoms with E-state index in [0.717, 1.165) is 25.7 Å². The first-order valence-corrected chi connectivity index (χ1v) is 6.27. The lowest BCUT2D eigenvalue weighted by atomic mass is 9.90. The summed E-state index contributed by atoms with van der Waals surface area (Å²) >= 11 is 5.09. The fourth-order valence-corrected chi connectivity index (χ4v) is 2.46. The molecule has 0 bridgehead atoms. The molecule has 0 radical (unpaired) electrons. The Morgan fingerprint density at radius 1 is 1.38 bits per heavy atom. The smallest absolute Gasteiger partial charge is 0.221 e. The zero-order valence-electron chi connectivity index (χ0n) is 10.4. The highest BCUT2D eigenvalue weighted by Crippen LogP contribution is 2.30. The zero-order valence-corrected chi connectivity index (χ0v) is 11.2. The SMILES string of the molecule is CC(C)(C)CC(=O)NC1(C(N)=S)CCCC1. The highest BCUT2D eigenvalue weighted by Gasteiger charge is 2.38. The van der Waals surface area contributed by atoms with Crippen molar-refractivity contribution in [2.24, 2.45) is 11.1 Å². The summed E-state index contributed by atoms with van der Waals surface area (Å²) in [4.78, 5) is 12.3. The van der Waals surface area contributed by atoms with Gasteiger partial charge in [-0.05, 0) is 18.3 Å². The maximum absolute atomic E-state index is 11.9. The van der Waals surface area contributed by atoms with Gasteiger partial charge in [-0.1, -0.05) is 45.8 Å². The van der Waals surface area contributed by atoms with Crippen molar-refractivity contribution in [3.8, 4) is 0 Å². The van der Waals surface area contributed by atoms with Gasteiger partial charge in [0.25, 0.3) is 0 Å². The van der Waals surface area contributed by atoms with E-state index in [1.165, 1.54) is 0 Å². The lowest BCUT2D eigenvalue weighted by Gasteiger charge is -2.30. The topological polar surface area (TPSA) is 55.1 Å². The van der Waals surface area contributed by atoms with Crippen LogP contribution in [0.3, 0.4) is 0 Å². The Morgan fingerprint density at radius 3 is 2.25 bits per heavy atom. The summed E-state index contributed by atoms with van der Waals surface area (Å²) in [5.74, 6) is 0.0576. The number of carbonyl (C=O) groups is 1. The number of nitrogens with two attached hydrogens (primary N) is 1. The first-order valence-electron chi connectivity index (χ1n) is 5.86. The molecule has 0 heterocycles. The fourth-order valence-electron chi connectivity index (χ4n) is 2.20. The number of carbonyl (C=O) groups excluding carboxylic acids is 1. The maximum Gasteiger partial charge on any atom is 0.221 e. The maximum atomic E-state index is 11.9. The third-order valence-electron chi connectivity index (χ3n) is 3.00. The van der Waals surface area contributed by atoms with Gasteiger partial charge in [0.05, 0.1) is 10.5 Å². The van der Waals surface area contributed by atoms with Crippen molar-refractivity contribution in [1.82, 2.24) is 5.32 Å². The molecule has 0 saturated heterocycles. The average molecular weight is 242 g/mol. The number of hydrogen-bond donors (Lipinski definition) is 2. The van der Waals surface area contributed by atoms with Crippen LogP contribution in [0.4, 0.5) is 0 Å². The van der Waals surface area contributed by atoms with Crippen LogP contribution in [0.25, 0.3) is 0 Å². The van der Waals surface area contributed by atoms with E-state index >= 15 is 0 Å². The lowest BCUT2D eigenvalue weighted by Crippen LogP contribution is -2.55. The number of hydrogen-bond acceptors (Lipinski definition) is 2. The van der Waals surface area contributed by atoms with Crippen LogP contribution in [0.1, 0.15) is 52.9 Å². The molecule has 0 aromatic carbocycles. The third-order valence-corrected chi connectivity index (χ3v) is 3.39. The van der Waals surface area contributed by atoms with E-state index < -0.39 is 5.54 Å². The number of rotatable bonds is 3. The van der Waals surface area contributed by atoms with Crippen molar-refractivity contribution in [1.29, 1.82) is 0 Å². The molecule has 0 unspecified atom stereocenters. The van der Waals surface area contributed by atoms with Gasteiger partial charge in [-0.25, -0.2) is 0 Å². The molecule has 92 valence electrons. The van der Waals surface area contributed by atoms with E-state index in [0.29, 0.717) is 11.4 Å². The highest BCUT2D eigenvalue weighted by atomic mass is 32.1. The molecule has 0 spiro atoms. The standard InChI is InChI=1S/C12H22N2OS/c1-11(2,3)8-9(15)14-12(10(13)16)6-4-5-7-12/h4-8H2,1-3H3,(H2,13,16)(H,14,15). The molecule has 3 nitrogen and oxygen atoms in total. The summed E-state index contributed by atoms with van der Waals surface area (Å²) < 4.78 is 0. The summed E-state index contributed by atoms with van der Waals surface area (Å²) in [6.07, 6.45) is 4.47. The van der Waals surface area contributed by atoms with Gasteiger partial charge in [0.2, 0.25) is 5.91 Å². The molecular weight excluding hydrogens is 220 g/mol. The van der Waals surface area contributed by atoms with Crippen LogP contribution in [-0.4, -0.2) is 16.4 Å². The van der Waals surface area contributed by atoms with Gasteiger partial charge < -0.3 is 11.1 Å².